The van der Waals surface area contributed by atoms with E-state index in [1.54, 1.807) is 6.07 Å². The first-order chi connectivity index (χ1) is 10.6. The van der Waals surface area contributed by atoms with Gasteiger partial charge in [0, 0.05) is 5.02 Å². The average molecular weight is 318 g/mol. The summed E-state index contributed by atoms with van der Waals surface area (Å²) in [4.78, 5) is 11.9. The molecule has 3 nitrogen and oxygen atoms in total. The molecule has 2 rings (SSSR count). The van der Waals surface area contributed by atoms with Gasteiger partial charge in [0.2, 0.25) is 5.91 Å². The second kappa shape index (κ2) is 7.85. The molecule has 4 heteroatoms. The summed E-state index contributed by atoms with van der Waals surface area (Å²) in [7, 11) is 0. The molecule has 0 bridgehead atoms. The van der Waals surface area contributed by atoms with Gasteiger partial charge in [0.15, 0.2) is 0 Å². The fraction of sp³-hybridized carbons (Fsp3) is 0.278. The number of carbonyl (C=O) groups excluding carboxylic acids is 1. The minimum absolute atomic E-state index is 0.0577. The van der Waals surface area contributed by atoms with Crippen molar-refractivity contribution in [2.45, 2.75) is 20.3 Å². The number of carbonyl (C=O) groups is 1. The molecule has 0 saturated heterocycles. The molecular weight excluding hydrogens is 298 g/mol. The third kappa shape index (κ3) is 4.78. The van der Waals surface area contributed by atoms with E-state index in [0.29, 0.717) is 18.2 Å². The maximum Gasteiger partial charge on any atom is 0.224 e. The number of rotatable bonds is 6. The van der Waals surface area contributed by atoms with E-state index in [-0.39, 0.29) is 12.3 Å². The lowest BCUT2D eigenvalue weighted by Crippen LogP contribution is -2.29. The number of amides is 1. The molecule has 0 heterocycles. The average Bonchev–Trinajstić information content (AvgIpc) is 2.49. The van der Waals surface area contributed by atoms with Gasteiger partial charge in [0.1, 0.15) is 12.4 Å². The summed E-state index contributed by atoms with van der Waals surface area (Å²) in [6.45, 7) is 4.94. The number of hydrogen-bond acceptors (Lipinski definition) is 2. The van der Waals surface area contributed by atoms with Crippen LogP contribution in [0.25, 0.3) is 0 Å². The molecule has 1 N–H and O–H groups in total. The van der Waals surface area contributed by atoms with Crippen molar-refractivity contribution in [2.24, 2.45) is 0 Å². The zero-order valence-electron chi connectivity index (χ0n) is 12.9. The van der Waals surface area contributed by atoms with Crippen LogP contribution in [0.5, 0.6) is 5.75 Å². The fourth-order valence-electron chi connectivity index (χ4n) is 2.09. The topological polar surface area (TPSA) is 38.3 Å². The van der Waals surface area contributed by atoms with Crippen molar-refractivity contribution in [3.05, 3.63) is 64.2 Å². The molecule has 22 heavy (non-hydrogen) atoms. The largest absolute Gasteiger partial charge is 0.491 e. The van der Waals surface area contributed by atoms with E-state index >= 15 is 0 Å². The van der Waals surface area contributed by atoms with Crippen LogP contribution in [0.4, 0.5) is 0 Å². The Labute approximate surface area is 136 Å². The molecule has 0 radical (unpaired) electrons. The van der Waals surface area contributed by atoms with Crippen LogP contribution in [-0.4, -0.2) is 19.1 Å². The van der Waals surface area contributed by atoms with E-state index in [4.69, 9.17) is 16.3 Å². The summed E-state index contributed by atoms with van der Waals surface area (Å²) in [6.07, 6.45) is 0.281. The van der Waals surface area contributed by atoms with Gasteiger partial charge in [0.25, 0.3) is 0 Å². The monoisotopic (exact) mass is 317 g/mol. The Morgan fingerprint density at radius 1 is 1.18 bits per heavy atom. The minimum atomic E-state index is -0.0577. The number of ether oxygens (including phenoxy) is 1. The number of benzene rings is 2. The van der Waals surface area contributed by atoms with E-state index in [1.807, 2.05) is 50.2 Å². The summed E-state index contributed by atoms with van der Waals surface area (Å²) in [5.41, 5.74) is 3.08. The van der Waals surface area contributed by atoms with Crippen LogP contribution in [0.2, 0.25) is 5.02 Å². The molecule has 0 atom stereocenters. The van der Waals surface area contributed by atoms with Crippen LogP contribution in [-0.2, 0) is 11.2 Å². The lowest BCUT2D eigenvalue weighted by molar-refractivity contribution is -0.120. The normalized spacial score (nSPS) is 10.3. The predicted molar refractivity (Wildman–Crippen MR) is 89.6 cm³/mol. The third-order valence-electron chi connectivity index (χ3n) is 3.33. The Balaban J connectivity index is 1.76. The highest BCUT2D eigenvalue weighted by Crippen LogP contribution is 2.18. The molecule has 116 valence electrons. The molecule has 2 aromatic rings. The molecule has 0 saturated carbocycles. The molecule has 0 aromatic heterocycles. The maximum atomic E-state index is 11.9. The molecule has 0 spiro atoms. The third-order valence-corrected chi connectivity index (χ3v) is 3.70. The van der Waals surface area contributed by atoms with Gasteiger partial charge in [-0.2, -0.15) is 0 Å². The van der Waals surface area contributed by atoms with E-state index in [9.17, 15) is 4.79 Å². The van der Waals surface area contributed by atoms with Crippen LogP contribution >= 0.6 is 11.6 Å². The molecule has 0 fully saturated rings. The lowest BCUT2D eigenvalue weighted by atomic mass is 10.1. The predicted octanol–water partition coefficient (Wildman–Crippen LogP) is 3.69. The highest BCUT2D eigenvalue weighted by molar-refractivity contribution is 6.31. The molecule has 1 amide bonds. The van der Waals surface area contributed by atoms with Crippen LogP contribution in [0.3, 0.4) is 0 Å². The van der Waals surface area contributed by atoms with Crippen molar-refractivity contribution in [3.63, 3.8) is 0 Å². The van der Waals surface area contributed by atoms with Crippen molar-refractivity contribution >= 4 is 17.5 Å². The first-order valence-corrected chi connectivity index (χ1v) is 7.64. The Kier molecular flexibility index (Phi) is 5.84. The van der Waals surface area contributed by atoms with Gasteiger partial charge in [-0.3, -0.25) is 4.79 Å². The van der Waals surface area contributed by atoms with E-state index in [2.05, 4.69) is 5.32 Å². The van der Waals surface area contributed by atoms with Crippen LogP contribution < -0.4 is 10.1 Å². The zero-order valence-corrected chi connectivity index (χ0v) is 13.6. The van der Waals surface area contributed by atoms with Gasteiger partial charge in [-0.1, -0.05) is 41.9 Å². The Morgan fingerprint density at radius 2 is 1.95 bits per heavy atom. The second-order valence-corrected chi connectivity index (χ2v) is 5.64. The smallest absolute Gasteiger partial charge is 0.224 e. The van der Waals surface area contributed by atoms with Crippen molar-refractivity contribution in [3.8, 4) is 5.75 Å². The molecule has 2 aromatic carbocycles. The number of halogens is 1. The summed E-state index contributed by atoms with van der Waals surface area (Å²) < 4.78 is 5.70. The summed E-state index contributed by atoms with van der Waals surface area (Å²) in [6, 6.07) is 13.4. The highest BCUT2D eigenvalue weighted by atomic mass is 35.5. The van der Waals surface area contributed by atoms with Gasteiger partial charge in [-0.05, 0) is 42.7 Å². The molecule has 0 aliphatic heterocycles. The summed E-state index contributed by atoms with van der Waals surface area (Å²) >= 11 is 6.04. The Morgan fingerprint density at radius 3 is 2.73 bits per heavy atom. The van der Waals surface area contributed by atoms with E-state index < -0.39 is 0 Å². The van der Waals surface area contributed by atoms with Crippen molar-refractivity contribution in [2.75, 3.05) is 13.2 Å². The minimum Gasteiger partial charge on any atom is -0.491 e. The highest BCUT2D eigenvalue weighted by Gasteiger charge is 2.06. The van der Waals surface area contributed by atoms with Crippen LogP contribution in [0, 0.1) is 13.8 Å². The van der Waals surface area contributed by atoms with Gasteiger partial charge in [-0.15, -0.1) is 0 Å². The van der Waals surface area contributed by atoms with E-state index in [0.717, 1.165) is 22.4 Å². The molecule has 0 unspecified atom stereocenters. The number of hydrogen-bond donors (Lipinski definition) is 1. The second-order valence-electron chi connectivity index (χ2n) is 5.24. The molecule has 0 aliphatic rings. The van der Waals surface area contributed by atoms with Crippen molar-refractivity contribution in [1.29, 1.82) is 0 Å². The standard InChI is InChI=1S/C18H20ClNO2/c1-13-7-8-14(2)17(11-13)22-10-9-20-18(21)12-15-5-3-4-6-16(15)19/h3-8,11H,9-10,12H2,1-2H3,(H,20,21). The van der Waals surface area contributed by atoms with Gasteiger partial charge in [-0.25, -0.2) is 0 Å². The first-order valence-electron chi connectivity index (χ1n) is 7.26. The summed E-state index contributed by atoms with van der Waals surface area (Å²) in [5, 5.41) is 3.46. The lowest BCUT2D eigenvalue weighted by Gasteiger charge is -2.11. The van der Waals surface area contributed by atoms with Crippen molar-refractivity contribution < 1.29 is 9.53 Å². The Bertz CT molecular complexity index is 655. The molecule has 0 aliphatic carbocycles. The van der Waals surface area contributed by atoms with Crippen LogP contribution in [0.1, 0.15) is 16.7 Å². The van der Waals surface area contributed by atoms with Gasteiger partial charge >= 0.3 is 0 Å². The zero-order chi connectivity index (χ0) is 15.9. The summed E-state index contributed by atoms with van der Waals surface area (Å²) in [5.74, 6) is 0.804. The van der Waals surface area contributed by atoms with Crippen molar-refractivity contribution in [1.82, 2.24) is 5.32 Å². The van der Waals surface area contributed by atoms with Gasteiger partial charge < -0.3 is 10.1 Å². The number of nitrogens with one attached hydrogen (secondary N) is 1. The SMILES string of the molecule is Cc1ccc(C)c(OCCNC(=O)Cc2ccccc2Cl)c1. The molecular formula is C18H20ClNO2. The van der Waals surface area contributed by atoms with Crippen LogP contribution in [0.15, 0.2) is 42.5 Å². The fourth-order valence-corrected chi connectivity index (χ4v) is 2.29. The quantitative estimate of drug-likeness (QED) is 0.825. The van der Waals surface area contributed by atoms with Gasteiger partial charge in [0.05, 0.1) is 13.0 Å². The number of aryl methyl sites for hydroxylation is 2. The maximum absolute atomic E-state index is 11.9. The Hall–Kier alpha value is -2.00. The van der Waals surface area contributed by atoms with E-state index in [1.165, 1.54) is 0 Å². The first kappa shape index (κ1) is 16.4.